The number of aromatic nitrogens is 1. The number of nitrogens with two attached hydrogens (primary N) is 1. The molecular formula is C11H18N4O2S. The van der Waals surface area contributed by atoms with Crippen molar-refractivity contribution in [3.63, 3.8) is 0 Å². The highest BCUT2D eigenvalue weighted by Crippen LogP contribution is 2.13. The van der Waals surface area contributed by atoms with Crippen molar-refractivity contribution in [3.8, 4) is 0 Å². The van der Waals surface area contributed by atoms with Crippen LogP contribution in [0.1, 0.15) is 12.8 Å². The summed E-state index contributed by atoms with van der Waals surface area (Å²) in [6.07, 6.45) is 3.59. The smallest absolute Gasteiger partial charge is 0.239 e. The number of piperidine rings is 1. The Balaban J connectivity index is 1.90. The Kier molecular flexibility index (Phi) is 4.15. The predicted molar refractivity (Wildman–Crippen MR) is 69.7 cm³/mol. The second kappa shape index (κ2) is 5.64. The Morgan fingerprint density at radius 1 is 1.39 bits per heavy atom. The van der Waals surface area contributed by atoms with E-state index >= 15 is 0 Å². The summed E-state index contributed by atoms with van der Waals surface area (Å²) in [7, 11) is -3.65. The summed E-state index contributed by atoms with van der Waals surface area (Å²) in [5.41, 5.74) is 0. The van der Waals surface area contributed by atoms with Gasteiger partial charge in [-0.1, -0.05) is 0 Å². The molecule has 1 fully saturated rings. The largest absolute Gasteiger partial charge is 0.370 e. The zero-order valence-electron chi connectivity index (χ0n) is 10.1. The minimum Gasteiger partial charge on any atom is -0.370 e. The lowest BCUT2D eigenvalue weighted by molar-refractivity contribution is 0.389. The Morgan fingerprint density at radius 3 is 2.67 bits per heavy atom. The predicted octanol–water partition coefficient (Wildman–Crippen LogP) is 0.140. The summed E-state index contributed by atoms with van der Waals surface area (Å²) in [6.45, 7) is 2.98. The van der Waals surface area contributed by atoms with Crippen molar-refractivity contribution in [3.05, 3.63) is 18.3 Å². The average Bonchev–Trinajstić information content (AvgIpc) is 2.37. The lowest BCUT2D eigenvalue weighted by atomic mass is 9.98. The van der Waals surface area contributed by atoms with Crippen molar-refractivity contribution in [2.75, 3.05) is 25.0 Å². The van der Waals surface area contributed by atoms with E-state index in [1.165, 1.54) is 12.3 Å². The standard InChI is InChI=1S/C11H18N4O2S/c12-18(16,17)10-1-2-11(15-8-10)14-7-9-3-5-13-6-4-9/h1-2,8-9,13H,3-7H2,(H,14,15)(H2,12,16,17). The van der Waals surface area contributed by atoms with Crippen molar-refractivity contribution in [1.82, 2.24) is 10.3 Å². The van der Waals surface area contributed by atoms with Gasteiger partial charge in [0.2, 0.25) is 10.0 Å². The molecule has 0 saturated carbocycles. The van der Waals surface area contributed by atoms with Gasteiger partial charge < -0.3 is 10.6 Å². The molecule has 1 aliphatic rings. The molecule has 4 N–H and O–H groups in total. The fraction of sp³-hybridized carbons (Fsp3) is 0.545. The molecule has 7 heteroatoms. The number of primary sulfonamides is 1. The summed E-state index contributed by atoms with van der Waals surface area (Å²) < 4.78 is 22.1. The highest BCUT2D eigenvalue weighted by atomic mass is 32.2. The molecule has 100 valence electrons. The van der Waals surface area contributed by atoms with E-state index in [2.05, 4.69) is 15.6 Å². The second-order valence-electron chi connectivity index (χ2n) is 4.50. The number of pyridine rings is 1. The highest BCUT2D eigenvalue weighted by molar-refractivity contribution is 7.89. The van der Waals surface area contributed by atoms with Crippen LogP contribution in [0, 0.1) is 5.92 Å². The van der Waals surface area contributed by atoms with Gasteiger partial charge in [0.05, 0.1) is 0 Å². The number of nitrogens with one attached hydrogen (secondary N) is 2. The molecule has 0 aromatic carbocycles. The van der Waals surface area contributed by atoms with Gasteiger partial charge in [-0.3, -0.25) is 0 Å². The fourth-order valence-corrected chi connectivity index (χ4v) is 2.45. The van der Waals surface area contributed by atoms with E-state index in [1.807, 2.05) is 0 Å². The van der Waals surface area contributed by atoms with Crippen LogP contribution in [-0.4, -0.2) is 33.0 Å². The molecule has 1 aromatic rings. The lowest BCUT2D eigenvalue weighted by Gasteiger charge is -2.22. The third-order valence-electron chi connectivity index (χ3n) is 3.10. The van der Waals surface area contributed by atoms with E-state index < -0.39 is 10.0 Å². The molecule has 6 nitrogen and oxygen atoms in total. The molecule has 1 aromatic heterocycles. The molecule has 0 radical (unpaired) electrons. The number of anilines is 1. The van der Waals surface area contributed by atoms with E-state index in [0.717, 1.165) is 32.5 Å². The van der Waals surface area contributed by atoms with Crippen molar-refractivity contribution < 1.29 is 8.42 Å². The van der Waals surface area contributed by atoms with Gasteiger partial charge in [0.1, 0.15) is 10.7 Å². The van der Waals surface area contributed by atoms with Crippen molar-refractivity contribution >= 4 is 15.8 Å². The van der Waals surface area contributed by atoms with Gasteiger partial charge in [-0.25, -0.2) is 18.5 Å². The first kappa shape index (κ1) is 13.3. The normalized spacial score (nSPS) is 17.6. The molecule has 2 rings (SSSR count). The zero-order chi connectivity index (χ0) is 13.0. The van der Waals surface area contributed by atoms with Crippen LogP contribution < -0.4 is 15.8 Å². The highest BCUT2D eigenvalue weighted by Gasteiger charge is 2.13. The third-order valence-corrected chi connectivity index (χ3v) is 3.99. The molecule has 0 spiro atoms. The maximum Gasteiger partial charge on any atom is 0.239 e. The maximum atomic E-state index is 11.1. The topological polar surface area (TPSA) is 97.1 Å². The molecule has 18 heavy (non-hydrogen) atoms. The Hall–Kier alpha value is -1.18. The first-order chi connectivity index (χ1) is 8.55. The number of nitrogens with zero attached hydrogens (tertiary/aromatic N) is 1. The zero-order valence-corrected chi connectivity index (χ0v) is 10.9. The van der Waals surface area contributed by atoms with E-state index in [1.54, 1.807) is 6.07 Å². The molecule has 1 aliphatic heterocycles. The van der Waals surface area contributed by atoms with Gasteiger partial charge >= 0.3 is 0 Å². The Morgan fingerprint density at radius 2 is 2.11 bits per heavy atom. The quantitative estimate of drug-likeness (QED) is 0.723. The number of rotatable bonds is 4. The minimum absolute atomic E-state index is 0.0370. The molecule has 0 amide bonds. The second-order valence-corrected chi connectivity index (χ2v) is 6.06. The van der Waals surface area contributed by atoms with E-state index in [9.17, 15) is 8.42 Å². The molecule has 0 bridgehead atoms. The van der Waals surface area contributed by atoms with E-state index in [-0.39, 0.29) is 4.90 Å². The van der Waals surface area contributed by atoms with Crippen LogP contribution >= 0.6 is 0 Å². The monoisotopic (exact) mass is 270 g/mol. The van der Waals surface area contributed by atoms with Crippen LogP contribution in [0.2, 0.25) is 0 Å². The minimum atomic E-state index is -3.65. The lowest BCUT2D eigenvalue weighted by Crippen LogP contribution is -2.31. The van der Waals surface area contributed by atoms with Gasteiger partial charge in [-0.15, -0.1) is 0 Å². The SMILES string of the molecule is NS(=O)(=O)c1ccc(NCC2CCNCC2)nc1. The van der Waals surface area contributed by atoms with Gasteiger partial charge in [-0.05, 0) is 44.0 Å². The van der Waals surface area contributed by atoms with Crippen LogP contribution in [0.15, 0.2) is 23.2 Å². The average molecular weight is 270 g/mol. The van der Waals surface area contributed by atoms with Gasteiger partial charge in [-0.2, -0.15) is 0 Å². The van der Waals surface area contributed by atoms with Gasteiger partial charge in [0.15, 0.2) is 0 Å². The number of hydrogen-bond acceptors (Lipinski definition) is 5. The number of sulfonamides is 1. The molecule has 0 atom stereocenters. The molecule has 0 aliphatic carbocycles. The molecule has 2 heterocycles. The van der Waals surface area contributed by atoms with Crippen LogP contribution in [0.3, 0.4) is 0 Å². The van der Waals surface area contributed by atoms with Crippen molar-refractivity contribution in [1.29, 1.82) is 0 Å². The van der Waals surface area contributed by atoms with Crippen LogP contribution in [-0.2, 0) is 10.0 Å². The number of hydrogen-bond donors (Lipinski definition) is 3. The maximum absolute atomic E-state index is 11.1. The summed E-state index contributed by atoms with van der Waals surface area (Å²) in [5, 5.41) is 11.5. The summed E-state index contributed by atoms with van der Waals surface area (Å²) >= 11 is 0. The first-order valence-electron chi connectivity index (χ1n) is 5.99. The van der Waals surface area contributed by atoms with Gasteiger partial charge in [0, 0.05) is 12.7 Å². The summed E-state index contributed by atoms with van der Waals surface area (Å²) in [6, 6.07) is 3.11. The Labute approximate surface area is 107 Å². The summed E-state index contributed by atoms with van der Waals surface area (Å²) in [5.74, 6) is 1.33. The summed E-state index contributed by atoms with van der Waals surface area (Å²) in [4.78, 5) is 4.08. The van der Waals surface area contributed by atoms with Crippen LogP contribution in [0.5, 0.6) is 0 Å². The van der Waals surface area contributed by atoms with E-state index in [0.29, 0.717) is 11.7 Å². The van der Waals surface area contributed by atoms with Crippen LogP contribution in [0.4, 0.5) is 5.82 Å². The Bertz CT molecular complexity index is 480. The fourth-order valence-electron chi connectivity index (χ4n) is 1.99. The van der Waals surface area contributed by atoms with Gasteiger partial charge in [0.25, 0.3) is 0 Å². The first-order valence-corrected chi connectivity index (χ1v) is 7.54. The van der Waals surface area contributed by atoms with Crippen molar-refractivity contribution in [2.45, 2.75) is 17.7 Å². The van der Waals surface area contributed by atoms with Crippen molar-refractivity contribution in [2.24, 2.45) is 11.1 Å². The third kappa shape index (κ3) is 3.66. The molecule has 1 saturated heterocycles. The molecule has 0 unspecified atom stereocenters. The van der Waals surface area contributed by atoms with E-state index in [4.69, 9.17) is 5.14 Å². The van der Waals surface area contributed by atoms with Crippen LogP contribution in [0.25, 0.3) is 0 Å². The molecular weight excluding hydrogens is 252 g/mol.